The summed E-state index contributed by atoms with van der Waals surface area (Å²) < 4.78 is 0. The van der Waals surface area contributed by atoms with Crippen molar-refractivity contribution in [3.8, 4) is 0 Å². The van der Waals surface area contributed by atoms with Gasteiger partial charge in [0.05, 0.1) is 0 Å². The fourth-order valence-corrected chi connectivity index (χ4v) is 4.53. The summed E-state index contributed by atoms with van der Waals surface area (Å²) in [5, 5.41) is 0. The van der Waals surface area contributed by atoms with Crippen molar-refractivity contribution < 1.29 is 0 Å². The van der Waals surface area contributed by atoms with Crippen LogP contribution in [0.5, 0.6) is 0 Å². The largest absolute Gasteiger partial charge is 0.0654 e. The summed E-state index contributed by atoms with van der Waals surface area (Å²) in [6.45, 7) is 9.60. The van der Waals surface area contributed by atoms with Gasteiger partial charge in [0.25, 0.3) is 0 Å². The highest BCUT2D eigenvalue weighted by atomic mass is 14.1. The van der Waals surface area contributed by atoms with Crippen LogP contribution in [0.2, 0.25) is 0 Å². The van der Waals surface area contributed by atoms with Gasteiger partial charge in [0.2, 0.25) is 0 Å². The van der Waals surface area contributed by atoms with E-state index in [1.807, 2.05) is 0 Å². The maximum atomic E-state index is 2.49. The standard InChI is InChI=1S/C28H58/c1-5-7-9-11-13-15-17-19-21-24-28(4)26-22-25-27(3)23-20-18-16-14-12-10-8-6-2/h27-28H,5-26H2,1-4H3. The van der Waals surface area contributed by atoms with Crippen LogP contribution < -0.4 is 0 Å². The van der Waals surface area contributed by atoms with Crippen molar-refractivity contribution in [1.82, 2.24) is 0 Å². The Kier molecular flexibility index (Phi) is 23.3. The SMILES string of the molecule is CCCCCCCCCCCC(C)CCCC(C)CCCCCCCCCC. The lowest BCUT2D eigenvalue weighted by Gasteiger charge is -2.14. The van der Waals surface area contributed by atoms with Crippen LogP contribution in [0.1, 0.15) is 169 Å². The molecule has 0 bridgehead atoms. The molecule has 0 heteroatoms. The number of rotatable bonds is 23. The fraction of sp³-hybridized carbons (Fsp3) is 1.00. The van der Waals surface area contributed by atoms with E-state index in [-0.39, 0.29) is 0 Å². The molecule has 0 aromatic heterocycles. The monoisotopic (exact) mass is 394 g/mol. The second kappa shape index (κ2) is 23.3. The molecule has 0 saturated carbocycles. The first-order valence-corrected chi connectivity index (χ1v) is 13.7. The first-order chi connectivity index (χ1) is 13.7. The summed E-state index contributed by atoms with van der Waals surface area (Å²) in [6, 6.07) is 0. The molecule has 0 nitrogen and oxygen atoms in total. The summed E-state index contributed by atoms with van der Waals surface area (Å²) in [6.07, 6.45) is 32.2. The maximum absolute atomic E-state index is 2.49. The zero-order chi connectivity index (χ0) is 20.7. The minimum atomic E-state index is 0.958. The van der Waals surface area contributed by atoms with E-state index >= 15 is 0 Å². The molecule has 28 heavy (non-hydrogen) atoms. The molecule has 0 aliphatic heterocycles. The molecule has 0 aromatic carbocycles. The first-order valence-electron chi connectivity index (χ1n) is 13.7. The Morgan fingerprint density at radius 2 is 0.571 bits per heavy atom. The molecule has 0 N–H and O–H groups in total. The van der Waals surface area contributed by atoms with Crippen molar-refractivity contribution in [2.75, 3.05) is 0 Å². The van der Waals surface area contributed by atoms with Crippen LogP contribution in [0.25, 0.3) is 0 Å². The minimum Gasteiger partial charge on any atom is -0.0654 e. The molecule has 0 aromatic rings. The lowest BCUT2D eigenvalue weighted by atomic mass is 9.92. The van der Waals surface area contributed by atoms with Crippen LogP contribution >= 0.6 is 0 Å². The molecule has 0 radical (unpaired) electrons. The highest BCUT2D eigenvalue weighted by molar-refractivity contribution is 4.59. The molecule has 0 spiro atoms. The van der Waals surface area contributed by atoms with Crippen LogP contribution in [0.15, 0.2) is 0 Å². The summed E-state index contributed by atoms with van der Waals surface area (Å²) >= 11 is 0. The van der Waals surface area contributed by atoms with Gasteiger partial charge in [-0.25, -0.2) is 0 Å². The molecular weight excluding hydrogens is 336 g/mol. The summed E-state index contributed by atoms with van der Waals surface area (Å²) in [7, 11) is 0. The molecule has 0 aliphatic rings. The molecule has 0 amide bonds. The first kappa shape index (κ1) is 28.0. The summed E-state index contributed by atoms with van der Waals surface area (Å²) in [5.74, 6) is 1.92. The second-order valence-corrected chi connectivity index (χ2v) is 10.0. The van der Waals surface area contributed by atoms with Gasteiger partial charge in [0.1, 0.15) is 0 Å². The van der Waals surface area contributed by atoms with E-state index in [0.29, 0.717) is 0 Å². The smallest absolute Gasteiger partial charge is 0.0443 e. The Morgan fingerprint density at radius 1 is 0.321 bits per heavy atom. The maximum Gasteiger partial charge on any atom is -0.0443 e. The van der Waals surface area contributed by atoms with Crippen molar-refractivity contribution >= 4 is 0 Å². The highest BCUT2D eigenvalue weighted by Gasteiger charge is 2.06. The van der Waals surface area contributed by atoms with Gasteiger partial charge in [0.15, 0.2) is 0 Å². The summed E-state index contributed by atoms with van der Waals surface area (Å²) in [4.78, 5) is 0. The number of hydrogen-bond donors (Lipinski definition) is 0. The van der Waals surface area contributed by atoms with E-state index in [1.54, 1.807) is 0 Å². The van der Waals surface area contributed by atoms with Crippen molar-refractivity contribution in [3.05, 3.63) is 0 Å². The minimum absolute atomic E-state index is 0.958. The van der Waals surface area contributed by atoms with Gasteiger partial charge in [-0.05, 0) is 11.8 Å². The van der Waals surface area contributed by atoms with Crippen LogP contribution in [-0.2, 0) is 0 Å². The highest BCUT2D eigenvalue weighted by Crippen LogP contribution is 2.22. The Bertz CT molecular complexity index is 269. The number of hydrogen-bond acceptors (Lipinski definition) is 0. The van der Waals surface area contributed by atoms with E-state index in [9.17, 15) is 0 Å². The van der Waals surface area contributed by atoms with E-state index in [1.165, 1.54) is 141 Å². The zero-order valence-corrected chi connectivity index (χ0v) is 20.7. The fourth-order valence-electron chi connectivity index (χ4n) is 4.53. The molecule has 2 atom stereocenters. The topological polar surface area (TPSA) is 0 Å². The Morgan fingerprint density at radius 3 is 0.893 bits per heavy atom. The molecular formula is C28H58. The molecule has 170 valence electrons. The van der Waals surface area contributed by atoms with Gasteiger partial charge < -0.3 is 0 Å². The third kappa shape index (κ3) is 22.3. The van der Waals surface area contributed by atoms with Gasteiger partial charge in [0, 0.05) is 0 Å². The van der Waals surface area contributed by atoms with E-state index in [2.05, 4.69) is 27.7 Å². The third-order valence-corrected chi connectivity index (χ3v) is 6.74. The molecule has 2 unspecified atom stereocenters. The second-order valence-electron chi connectivity index (χ2n) is 10.0. The molecule has 0 saturated heterocycles. The molecule has 0 rings (SSSR count). The van der Waals surface area contributed by atoms with Crippen molar-refractivity contribution in [3.63, 3.8) is 0 Å². The quantitative estimate of drug-likeness (QED) is 0.151. The predicted octanol–water partition coefficient (Wildman–Crippen LogP) is 10.9. The van der Waals surface area contributed by atoms with Crippen molar-refractivity contribution in [2.24, 2.45) is 11.8 Å². The van der Waals surface area contributed by atoms with Crippen LogP contribution in [0, 0.1) is 11.8 Å². The van der Waals surface area contributed by atoms with Crippen molar-refractivity contribution in [2.45, 2.75) is 169 Å². The van der Waals surface area contributed by atoms with Gasteiger partial charge in [-0.1, -0.05) is 169 Å². The third-order valence-electron chi connectivity index (χ3n) is 6.74. The Balaban J connectivity index is 3.28. The molecule has 0 fully saturated rings. The van der Waals surface area contributed by atoms with Crippen LogP contribution in [0.3, 0.4) is 0 Å². The zero-order valence-electron chi connectivity index (χ0n) is 20.7. The summed E-state index contributed by atoms with van der Waals surface area (Å²) in [5.41, 5.74) is 0. The average Bonchev–Trinajstić information content (AvgIpc) is 2.68. The average molecular weight is 395 g/mol. The Labute approximate surface area is 181 Å². The van der Waals surface area contributed by atoms with Gasteiger partial charge in [-0.15, -0.1) is 0 Å². The number of unbranched alkanes of at least 4 members (excludes halogenated alkanes) is 15. The normalized spacial score (nSPS) is 13.7. The van der Waals surface area contributed by atoms with Gasteiger partial charge in [-0.3, -0.25) is 0 Å². The van der Waals surface area contributed by atoms with E-state index in [0.717, 1.165) is 11.8 Å². The molecule has 0 aliphatic carbocycles. The van der Waals surface area contributed by atoms with Gasteiger partial charge in [-0.2, -0.15) is 0 Å². The van der Waals surface area contributed by atoms with Gasteiger partial charge >= 0.3 is 0 Å². The van der Waals surface area contributed by atoms with E-state index < -0.39 is 0 Å². The lowest BCUT2D eigenvalue weighted by Crippen LogP contribution is -1.99. The Hall–Kier alpha value is 0. The van der Waals surface area contributed by atoms with E-state index in [4.69, 9.17) is 0 Å². The van der Waals surface area contributed by atoms with Crippen LogP contribution in [-0.4, -0.2) is 0 Å². The van der Waals surface area contributed by atoms with Crippen LogP contribution in [0.4, 0.5) is 0 Å². The molecule has 0 heterocycles. The lowest BCUT2D eigenvalue weighted by molar-refractivity contribution is 0.390. The predicted molar refractivity (Wildman–Crippen MR) is 131 cm³/mol. The van der Waals surface area contributed by atoms with Crippen molar-refractivity contribution in [1.29, 1.82) is 0 Å².